The van der Waals surface area contributed by atoms with Gasteiger partial charge in [-0.05, 0) is 30.8 Å². The summed E-state index contributed by atoms with van der Waals surface area (Å²) in [7, 11) is 0. The van der Waals surface area contributed by atoms with Gasteiger partial charge in [0.2, 0.25) is 5.95 Å². The summed E-state index contributed by atoms with van der Waals surface area (Å²) in [5.74, 6) is 0.416. The smallest absolute Gasteiger partial charge is 0.232 e. The molecule has 0 spiro atoms. The second-order valence-electron chi connectivity index (χ2n) is 3.30. The second-order valence-corrected chi connectivity index (χ2v) is 4.05. The number of nitrogen functional groups attached to an aromatic ring is 1. The Morgan fingerprint density at radius 1 is 1.23 bits per heavy atom. The first kappa shape index (κ1) is 10.4. The van der Waals surface area contributed by atoms with Crippen LogP contribution in [0.5, 0.6) is 0 Å². The lowest BCUT2D eigenvalue weighted by molar-refractivity contribution is 0.380. The molecule has 3 nitrogen and oxygen atoms in total. The molecule has 0 aliphatic heterocycles. The molecule has 0 saturated heterocycles. The molecule has 0 atom stereocenters. The van der Waals surface area contributed by atoms with Gasteiger partial charge in [-0.3, -0.25) is 0 Å². The Morgan fingerprint density at radius 3 is 2.08 bits per heavy atom. The number of hydrogen-bond donors (Lipinski definition) is 1. The lowest BCUT2D eigenvalue weighted by atomic mass is 9.80. The van der Waals surface area contributed by atoms with Crippen LogP contribution in [-0.4, -0.2) is 9.36 Å². The minimum atomic E-state index is 0.204. The molecule has 74 valence electrons. The summed E-state index contributed by atoms with van der Waals surface area (Å²) in [5.41, 5.74) is 5.73. The van der Waals surface area contributed by atoms with Crippen LogP contribution in [0.25, 0.3) is 0 Å². The molecule has 13 heavy (non-hydrogen) atoms. The molecule has 1 aromatic heterocycles. The molecular formula is C9H17N3S. The molecule has 0 saturated carbocycles. The Kier molecular flexibility index (Phi) is 3.25. The molecule has 0 aliphatic carbocycles. The fraction of sp³-hybridized carbons (Fsp3) is 0.778. The molecule has 2 N–H and O–H groups in total. The van der Waals surface area contributed by atoms with Gasteiger partial charge in [-0.15, -0.1) is 0 Å². The van der Waals surface area contributed by atoms with Crippen molar-refractivity contribution in [2.24, 2.45) is 0 Å². The molecule has 0 unspecified atom stereocenters. The minimum absolute atomic E-state index is 0.204. The molecule has 0 aliphatic rings. The Labute approximate surface area is 83.5 Å². The highest BCUT2D eigenvalue weighted by atomic mass is 32.1. The van der Waals surface area contributed by atoms with Gasteiger partial charge in [0.15, 0.2) is 0 Å². The molecule has 1 heterocycles. The third-order valence-electron chi connectivity index (χ3n) is 2.93. The number of aromatic nitrogens is 2. The largest absolute Gasteiger partial charge is 0.367 e. The number of hydrogen-bond acceptors (Lipinski definition) is 4. The van der Waals surface area contributed by atoms with E-state index in [1.165, 1.54) is 11.5 Å². The number of nitrogens with two attached hydrogens (primary N) is 1. The molecule has 1 rings (SSSR count). The number of anilines is 1. The topological polar surface area (TPSA) is 51.8 Å². The van der Waals surface area contributed by atoms with E-state index < -0.39 is 0 Å². The molecule has 0 amide bonds. The Morgan fingerprint density at radius 2 is 1.77 bits per heavy atom. The van der Waals surface area contributed by atoms with Crippen molar-refractivity contribution in [3.8, 4) is 0 Å². The van der Waals surface area contributed by atoms with Crippen LogP contribution in [0, 0.1) is 0 Å². The molecular weight excluding hydrogens is 182 g/mol. The number of nitrogens with zero attached hydrogens (tertiary/aromatic N) is 2. The van der Waals surface area contributed by atoms with Gasteiger partial charge in [0.25, 0.3) is 0 Å². The van der Waals surface area contributed by atoms with Gasteiger partial charge in [0.1, 0.15) is 5.01 Å². The highest BCUT2D eigenvalue weighted by molar-refractivity contribution is 7.05. The first-order valence-corrected chi connectivity index (χ1v) is 5.55. The maximum atomic E-state index is 5.53. The zero-order chi connectivity index (χ0) is 9.90. The Bertz CT molecular complexity index is 257. The van der Waals surface area contributed by atoms with E-state index in [9.17, 15) is 0 Å². The van der Waals surface area contributed by atoms with Crippen LogP contribution < -0.4 is 5.73 Å². The highest BCUT2D eigenvalue weighted by Gasteiger charge is 2.29. The zero-order valence-electron chi connectivity index (χ0n) is 8.50. The molecule has 0 fully saturated rings. The predicted molar refractivity (Wildman–Crippen MR) is 56.9 cm³/mol. The Hall–Kier alpha value is -0.640. The summed E-state index contributed by atoms with van der Waals surface area (Å²) in [5, 5.41) is 1.09. The number of rotatable bonds is 4. The van der Waals surface area contributed by atoms with Crippen LogP contribution in [0.4, 0.5) is 5.95 Å². The second kappa shape index (κ2) is 4.05. The van der Waals surface area contributed by atoms with Gasteiger partial charge < -0.3 is 5.73 Å². The standard InChI is InChI=1S/C9H17N3S/c1-4-9(5-2,6-3)7-11-8(10)12-13-7/h4-6H2,1-3H3,(H2,10,12). The highest BCUT2D eigenvalue weighted by Crippen LogP contribution is 2.35. The van der Waals surface area contributed by atoms with Gasteiger partial charge >= 0.3 is 0 Å². The lowest BCUT2D eigenvalue weighted by Gasteiger charge is -2.26. The maximum absolute atomic E-state index is 5.53. The van der Waals surface area contributed by atoms with E-state index in [4.69, 9.17) is 5.73 Å². The summed E-state index contributed by atoms with van der Waals surface area (Å²) in [6.45, 7) is 6.60. The monoisotopic (exact) mass is 199 g/mol. The van der Waals surface area contributed by atoms with E-state index in [-0.39, 0.29) is 5.41 Å². The van der Waals surface area contributed by atoms with Crippen LogP contribution in [0.3, 0.4) is 0 Å². The van der Waals surface area contributed by atoms with E-state index in [0.717, 1.165) is 24.3 Å². The third-order valence-corrected chi connectivity index (χ3v) is 3.90. The summed E-state index contributed by atoms with van der Waals surface area (Å²) in [6.07, 6.45) is 3.32. The van der Waals surface area contributed by atoms with Crippen LogP contribution in [0.1, 0.15) is 45.0 Å². The predicted octanol–water partition coefficient (Wildman–Crippen LogP) is 2.59. The average molecular weight is 199 g/mol. The van der Waals surface area contributed by atoms with Gasteiger partial charge in [0, 0.05) is 5.41 Å². The fourth-order valence-electron chi connectivity index (χ4n) is 1.65. The van der Waals surface area contributed by atoms with Crippen molar-refractivity contribution in [2.45, 2.75) is 45.4 Å². The van der Waals surface area contributed by atoms with Crippen LogP contribution in [0.15, 0.2) is 0 Å². The van der Waals surface area contributed by atoms with Crippen molar-refractivity contribution in [2.75, 3.05) is 5.73 Å². The minimum Gasteiger partial charge on any atom is -0.367 e. The third kappa shape index (κ3) is 1.82. The summed E-state index contributed by atoms with van der Waals surface area (Å²) < 4.78 is 4.03. The molecule has 0 aromatic carbocycles. The fourth-order valence-corrected chi connectivity index (χ4v) is 2.64. The van der Waals surface area contributed by atoms with Gasteiger partial charge in [-0.1, -0.05) is 20.8 Å². The van der Waals surface area contributed by atoms with Crippen molar-refractivity contribution in [3.63, 3.8) is 0 Å². The Balaban J connectivity index is 3.00. The summed E-state index contributed by atoms with van der Waals surface area (Å²) >= 11 is 1.44. The molecule has 0 radical (unpaired) electrons. The molecule has 1 aromatic rings. The van der Waals surface area contributed by atoms with E-state index in [1.807, 2.05) is 0 Å². The van der Waals surface area contributed by atoms with Gasteiger partial charge in [-0.25, -0.2) is 4.98 Å². The molecule has 4 heteroatoms. The van der Waals surface area contributed by atoms with Crippen LogP contribution >= 0.6 is 11.5 Å². The van der Waals surface area contributed by atoms with E-state index >= 15 is 0 Å². The van der Waals surface area contributed by atoms with Crippen LogP contribution in [-0.2, 0) is 5.41 Å². The van der Waals surface area contributed by atoms with Gasteiger partial charge in [-0.2, -0.15) is 4.37 Å². The lowest BCUT2D eigenvalue weighted by Crippen LogP contribution is -2.23. The zero-order valence-corrected chi connectivity index (χ0v) is 9.32. The SMILES string of the molecule is CCC(CC)(CC)c1nc(N)ns1. The quantitative estimate of drug-likeness (QED) is 0.811. The first-order valence-electron chi connectivity index (χ1n) is 4.78. The van der Waals surface area contributed by atoms with Crippen molar-refractivity contribution in [3.05, 3.63) is 5.01 Å². The molecule has 0 bridgehead atoms. The van der Waals surface area contributed by atoms with E-state index in [1.54, 1.807) is 0 Å². The normalized spacial score (nSPS) is 11.9. The van der Waals surface area contributed by atoms with Crippen molar-refractivity contribution < 1.29 is 0 Å². The maximum Gasteiger partial charge on any atom is 0.232 e. The van der Waals surface area contributed by atoms with Crippen molar-refractivity contribution in [1.82, 2.24) is 9.36 Å². The van der Waals surface area contributed by atoms with Crippen molar-refractivity contribution in [1.29, 1.82) is 0 Å². The summed E-state index contributed by atoms with van der Waals surface area (Å²) in [6, 6.07) is 0. The van der Waals surface area contributed by atoms with Crippen LogP contribution in [0.2, 0.25) is 0 Å². The first-order chi connectivity index (χ1) is 6.18. The van der Waals surface area contributed by atoms with E-state index in [2.05, 4.69) is 30.1 Å². The van der Waals surface area contributed by atoms with Gasteiger partial charge in [0.05, 0.1) is 0 Å². The summed E-state index contributed by atoms with van der Waals surface area (Å²) in [4.78, 5) is 4.28. The van der Waals surface area contributed by atoms with E-state index in [0.29, 0.717) is 5.95 Å². The van der Waals surface area contributed by atoms with Crippen molar-refractivity contribution >= 4 is 17.5 Å². The average Bonchev–Trinajstić information content (AvgIpc) is 2.57.